The molecule has 0 spiro atoms. The Morgan fingerprint density at radius 1 is 1.08 bits per heavy atom. The van der Waals surface area contributed by atoms with E-state index in [4.69, 9.17) is 0 Å². The molecule has 4 rings (SSSR count). The topological polar surface area (TPSA) is 74.0 Å². The Bertz CT molecular complexity index is 1340. The Morgan fingerprint density at radius 2 is 1.77 bits per heavy atom. The molecule has 0 unspecified atom stereocenters. The molecule has 0 aliphatic carbocycles. The van der Waals surface area contributed by atoms with Crippen molar-refractivity contribution in [3.05, 3.63) is 62.7 Å². The highest BCUT2D eigenvalue weighted by molar-refractivity contribution is 14.1. The average Bonchev–Trinajstić information content (AvgIpc) is 2.86. The van der Waals surface area contributed by atoms with Crippen LogP contribution in [0.3, 0.4) is 0 Å². The number of aryl methyl sites for hydroxylation is 1. The van der Waals surface area contributed by atoms with Crippen molar-refractivity contribution >= 4 is 54.4 Å². The first-order valence-electron chi connectivity index (χ1n) is 7.73. The van der Waals surface area contributed by atoms with Crippen LogP contribution in [-0.2, 0) is 16.9 Å². The summed E-state index contributed by atoms with van der Waals surface area (Å²) in [5.41, 5.74) is 2.68. The van der Waals surface area contributed by atoms with Gasteiger partial charge in [-0.2, -0.15) is 0 Å². The minimum absolute atomic E-state index is 0.208. The molecule has 132 valence electrons. The number of rotatable bonds is 2. The molecule has 0 bridgehead atoms. The summed E-state index contributed by atoms with van der Waals surface area (Å²) in [7, 11) is -1.59. The standard InChI is InChI=1S/C18H14IN3O3S/c1-21-16-10-20-15-8-3-11(19)9-14(15)17(16)22(18(21)23)12-4-6-13(7-5-12)26(2,24)25/h3-10H,1-2H3. The van der Waals surface area contributed by atoms with Gasteiger partial charge in [0.05, 0.1) is 33.3 Å². The molecule has 0 aliphatic heterocycles. The molecule has 0 saturated heterocycles. The van der Waals surface area contributed by atoms with Gasteiger partial charge in [-0.05, 0) is 65.1 Å². The number of hydrogen-bond donors (Lipinski definition) is 0. The molecule has 2 heterocycles. The van der Waals surface area contributed by atoms with Gasteiger partial charge in [0.2, 0.25) is 0 Å². The van der Waals surface area contributed by atoms with Gasteiger partial charge < -0.3 is 0 Å². The first kappa shape index (κ1) is 17.2. The molecule has 8 heteroatoms. The van der Waals surface area contributed by atoms with E-state index in [0.717, 1.165) is 31.8 Å². The largest absolute Gasteiger partial charge is 0.333 e. The van der Waals surface area contributed by atoms with Gasteiger partial charge in [0.25, 0.3) is 0 Å². The van der Waals surface area contributed by atoms with Crippen molar-refractivity contribution in [3.8, 4) is 5.69 Å². The van der Waals surface area contributed by atoms with E-state index in [-0.39, 0.29) is 10.6 Å². The third-order valence-electron chi connectivity index (χ3n) is 4.37. The molecular formula is C18H14IN3O3S. The Kier molecular flexibility index (Phi) is 3.92. The van der Waals surface area contributed by atoms with Crippen LogP contribution in [0, 0.1) is 3.57 Å². The zero-order valence-electron chi connectivity index (χ0n) is 14.0. The van der Waals surface area contributed by atoms with E-state index in [1.54, 1.807) is 34.5 Å². The number of pyridine rings is 1. The second-order valence-corrected chi connectivity index (χ2v) is 9.36. The van der Waals surface area contributed by atoms with Crippen molar-refractivity contribution in [1.82, 2.24) is 14.1 Å². The monoisotopic (exact) mass is 479 g/mol. The van der Waals surface area contributed by atoms with Crippen LogP contribution in [0.25, 0.3) is 27.6 Å². The highest BCUT2D eigenvalue weighted by Gasteiger charge is 2.17. The van der Waals surface area contributed by atoms with Crippen LogP contribution in [0.15, 0.2) is 58.4 Å². The number of halogens is 1. The molecule has 0 atom stereocenters. The highest BCUT2D eigenvalue weighted by Crippen LogP contribution is 2.27. The highest BCUT2D eigenvalue weighted by atomic mass is 127. The Balaban J connectivity index is 2.11. The lowest BCUT2D eigenvalue weighted by atomic mass is 10.2. The van der Waals surface area contributed by atoms with Crippen molar-refractivity contribution in [2.24, 2.45) is 7.05 Å². The first-order chi connectivity index (χ1) is 12.3. The molecule has 0 saturated carbocycles. The maximum atomic E-state index is 12.9. The van der Waals surface area contributed by atoms with Crippen molar-refractivity contribution in [2.45, 2.75) is 4.90 Å². The van der Waals surface area contributed by atoms with E-state index >= 15 is 0 Å². The average molecular weight is 479 g/mol. The second kappa shape index (κ2) is 5.92. The summed E-state index contributed by atoms with van der Waals surface area (Å²) < 4.78 is 27.6. The molecule has 26 heavy (non-hydrogen) atoms. The number of fused-ring (bicyclic) bond motifs is 3. The number of imidazole rings is 1. The maximum Gasteiger partial charge on any atom is 0.333 e. The van der Waals surface area contributed by atoms with E-state index in [9.17, 15) is 13.2 Å². The number of benzene rings is 2. The van der Waals surface area contributed by atoms with Gasteiger partial charge in [-0.15, -0.1) is 0 Å². The predicted molar refractivity (Wildman–Crippen MR) is 110 cm³/mol. The molecule has 0 fully saturated rings. The van der Waals surface area contributed by atoms with E-state index in [1.165, 1.54) is 12.1 Å². The number of hydrogen-bond acceptors (Lipinski definition) is 4. The second-order valence-electron chi connectivity index (χ2n) is 6.10. The molecule has 0 amide bonds. The minimum atomic E-state index is -3.29. The zero-order chi connectivity index (χ0) is 18.6. The van der Waals surface area contributed by atoms with Gasteiger partial charge in [0.15, 0.2) is 9.84 Å². The zero-order valence-corrected chi connectivity index (χ0v) is 16.9. The lowest BCUT2D eigenvalue weighted by molar-refractivity contribution is 0.602. The number of nitrogens with zero attached hydrogens (tertiary/aromatic N) is 3. The van der Waals surface area contributed by atoms with Gasteiger partial charge in [-0.1, -0.05) is 0 Å². The molecule has 0 aliphatic rings. The summed E-state index contributed by atoms with van der Waals surface area (Å²) in [4.78, 5) is 17.5. The third kappa shape index (κ3) is 2.64. The Hall–Kier alpha value is -2.20. The quantitative estimate of drug-likeness (QED) is 0.415. The van der Waals surface area contributed by atoms with Crippen molar-refractivity contribution in [2.75, 3.05) is 6.26 Å². The maximum absolute atomic E-state index is 12.9. The molecule has 6 nitrogen and oxygen atoms in total. The van der Waals surface area contributed by atoms with E-state index in [0.29, 0.717) is 5.69 Å². The van der Waals surface area contributed by atoms with Crippen LogP contribution in [0.4, 0.5) is 0 Å². The summed E-state index contributed by atoms with van der Waals surface area (Å²) in [6.45, 7) is 0. The number of aromatic nitrogens is 3. The molecule has 2 aromatic heterocycles. The summed E-state index contributed by atoms with van der Waals surface area (Å²) >= 11 is 2.23. The fraction of sp³-hybridized carbons (Fsp3) is 0.111. The van der Waals surface area contributed by atoms with E-state index in [2.05, 4.69) is 27.6 Å². The van der Waals surface area contributed by atoms with Crippen molar-refractivity contribution < 1.29 is 8.42 Å². The van der Waals surface area contributed by atoms with Crippen molar-refractivity contribution in [3.63, 3.8) is 0 Å². The molecule has 0 N–H and O–H groups in total. The summed E-state index contributed by atoms with van der Waals surface area (Å²) in [5, 5.41) is 0.874. The van der Waals surface area contributed by atoms with Crippen molar-refractivity contribution in [1.29, 1.82) is 0 Å². The van der Waals surface area contributed by atoms with E-state index in [1.807, 2.05) is 18.2 Å². The van der Waals surface area contributed by atoms with Gasteiger partial charge in [-0.3, -0.25) is 14.1 Å². The van der Waals surface area contributed by atoms with Crippen LogP contribution in [-0.4, -0.2) is 28.8 Å². The van der Waals surface area contributed by atoms with Crippen LogP contribution in [0.2, 0.25) is 0 Å². The molecule has 2 aromatic carbocycles. The van der Waals surface area contributed by atoms with Crippen LogP contribution in [0.1, 0.15) is 0 Å². The normalized spacial score (nSPS) is 12.1. The first-order valence-corrected chi connectivity index (χ1v) is 10.7. The smallest absolute Gasteiger partial charge is 0.293 e. The molecular weight excluding hydrogens is 465 g/mol. The minimum Gasteiger partial charge on any atom is -0.293 e. The van der Waals surface area contributed by atoms with Gasteiger partial charge in [-0.25, -0.2) is 13.2 Å². The summed E-state index contributed by atoms with van der Waals surface area (Å²) in [6, 6.07) is 12.2. The fourth-order valence-corrected chi connectivity index (χ4v) is 4.17. The third-order valence-corrected chi connectivity index (χ3v) is 6.17. The Labute approximate surface area is 163 Å². The van der Waals surface area contributed by atoms with Gasteiger partial charge in [0.1, 0.15) is 0 Å². The van der Waals surface area contributed by atoms with Crippen LogP contribution in [0.5, 0.6) is 0 Å². The van der Waals surface area contributed by atoms with Crippen LogP contribution < -0.4 is 5.69 Å². The predicted octanol–water partition coefficient (Wildman–Crippen LogP) is 2.89. The Morgan fingerprint density at radius 3 is 2.42 bits per heavy atom. The molecule has 0 radical (unpaired) electrons. The lowest BCUT2D eigenvalue weighted by Crippen LogP contribution is -2.20. The lowest BCUT2D eigenvalue weighted by Gasteiger charge is -2.07. The number of sulfone groups is 1. The summed E-state index contributed by atoms with van der Waals surface area (Å²) in [5.74, 6) is 0. The summed E-state index contributed by atoms with van der Waals surface area (Å²) in [6.07, 6.45) is 2.85. The van der Waals surface area contributed by atoms with Gasteiger partial charge in [0, 0.05) is 22.3 Å². The van der Waals surface area contributed by atoms with Gasteiger partial charge >= 0.3 is 5.69 Å². The van der Waals surface area contributed by atoms with E-state index < -0.39 is 9.84 Å². The fourth-order valence-electron chi connectivity index (χ4n) is 3.05. The SMILES string of the molecule is Cn1c(=O)n(-c2ccc(S(C)(=O)=O)cc2)c2c3cc(I)ccc3ncc21. The van der Waals surface area contributed by atoms with Crippen LogP contribution >= 0.6 is 22.6 Å². The molecule has 4 aromatic rings.